The van der Waals surface area contributed by atoms with E-state index in [9.17, 15) is 8.42 Å². The number of aryl methyl sites for hydroxylation is 1. The van der Waals surface area contributed by atoms with E-state index in [1.54, 1.807) is 17.0 Å². The Labute approximate surface area is 164 Å². The molecule has 1 aliphatic rings. The molecule has 1 aromatic carbocycles. The third kappa shape index (κ3) is 3.35. The molecule has 8 nitrogen and oxygen atoms in total. The molecule has 1 aliphatic heterocycles. The van der Waals surface area contributed by atoms with Crippen molar-refractivity contribution < 1.29 is 8.42 Å². The fourth-order valence-corrected chi connectivity index (χ4v) is 5.01. The van der Waals surface area contributed by atoms with E-state index < -0.39 is 10.0 Å². The lowest BCUT2D eigenvalue weighted by atomic mass is 10.2. The van der Waals surface area contributed by atoms with Crippen molar-refractivity contribution in [2.45, 2.75) is 24.8 Å². The third-order valence-electron chi connectivity index (χ3n) is 5.10. The Morgan fingerprint density at radius 1 is 1.11 bits per heavy atom. The molecule has 2 aromatic heterocycles. The first-order chi connectivity index (χ1) is 13.4. The van der Waals surface area contributed by atoms with E-state index in [0.29, 0.717) is 26.2 Å². The Morgan fingerprint density at radius 2 is 1.86 bits per heavy atom. The van der Waals surface area contributed by atoms with Crippen molar-refractivity contribution in [3.05, 3.63) is 42.7 Å². The molecule has 3 heterocycles. The van der Waals surface area contributed by atoms with Gasteiger partial charge in [0.2, 0.25) is 0 Å². The smallest absolute Gasteiger partial charge is 0.262 e. The van der Waals surface area contributed by atoms with E-state index in [0.717, 1.165) is 22.4 Å². The van der Waals surface area contributed by atoms with Crippen molar-refractivity contribution in [2.24, 2.45) is 7.05 Å². The van der Waals surface area contributed by atoms with Gasteiger partial charge in [0.25, 0.3) is 10.0 Å². The summed E-state index contributed by atoms with van der Waals surface area (Å²) in [7, 11) is -1.75. The number of hydrogen-bond donors (Lipinski definition) is 0. The molecule has 28 heavy (non-hydrogen) atoms. The fourth-order valence-electron chi connectivity index (χ4n) is 3.60. The van der Waals surface area contributed by atoms with Crippen LogP contribution in [0.1, 0.15) is 25.6 Å². The molecule has 3 aromatic rings. The number of hydrogen-bond acceptors (Lipinski definition) is 6. The quantitative estimate of drug-likeness (QED) is 0.666. The van der Waals surface area contributed by atoms with Crippen LogP contribution >= 0.6 is 0 Å². The molecule has 0 radical (unpaired) electrons. The zero-order valence-corrected chi connectivity index (χ0v) is 17.1. The van der Waals surface area contributed by atoms with Crippen LogP contribution < -0.4 is 4.90 Å². The number of aromatic nitrogens is 4. The Kier molecular flexibility index (Phi) is 4.80. The van der Waals surface area contributed by atoms with Gasteiger partial charge >= 0.3 is 0 Å². The number of piperazine rings is 1. The molecule has 0 saturated carbocycles. The van der Waals surface area contributed by atoms with E-state index in [2.05, 4.69) is 19.9 Å². The van der Waals surface area contributed by atoms with Gasteiger partial charge < -0.3 is 9.47 Å². The second kappa shape index (κ2) is 7.14. The highest BCUT2D eigenvalue weighted by Crippen LogP contribution is 2.24. The molecule has 148 valence electrons. The first kappa shape index (κ1) is 18.8. The highest BCUT2D eigenvalue weighted by Gasteiger charge is 2.31. The molecule has 0 spiro atoms. The van der Waals surface area contributed by atoms with Crippen molar-refractivity contribution in [2.75, 3.05) is 31.1 Å². The maximum atomic E-state index is 13.0. The molecular formula is C19H24N6O2S. The average molecular weight is 401 g/mol. The van der Waals surface area contributed by atoms with Crippen LogP contribution in [0.5, 0.6) is 0 Å². The molecule has 0 aliphatic carbocycles. The average Bonchev–Trinajstić information content (AvgIpc) is 3.10. The summed E-state index contributed by atoms with van der Waals surface area (Å²) in [6.07, 6.45) is 4.94. The summed E-state index contributed by atoms with van der Waals surface area (Å²) in [5.74, 6) is 0.943. The minimum absolute atomic E-state index is 0.134. The van der Waals surface area contributed by atoms with E-state index in [4.69, 9.17) is 0 Å². The van der Waals surface area contributed by atoms with Gasteiger partial charge in [0, 0.05) is 62.6 Å². The number of rotatable bonds is 4. The van der Waals surface area contributed by atoms with E-state index in [1.165, 1.54) is 10.6 Å². The lowest BCUT2D eigenvalue weighted by Crippen LogP contribution is -2.48. The highest BCUT2D eigenvalue weighted by atomic mass is 32.2. The van der Waals surface area contributed by atoms with Crippen LogP contribution in [-0.4, -0.2) is 58.4 Å². The first-order valence-electron chi connectivity index (χ1n) is 9.34. The maximum absolute atomic E-state index is 13.0. The standard InChI is InChI=1S/C19H24N6O2S/c1-14(2)19-22-18(12-23(19)3)28(26,27)25-8-6-24(7-9-25)16-4-5-17-15(10-16)11-20-13-21-17/h4-5,10-14H,6-9H2,1-3H3. The maximum Gasteiger partial charge on any atom is 0.262 e. The molecule has 0 unspecified atom stereocenters. The fraction of sp³-hybridized carbons (Fsp3) is 0.421. The molecule has 4 rings (SSSR count). The SMILES string of the molecule is CC(C)c1nc(S(=O)(=O)N2CCN(c3ccc4ncncc4c3)CC2)cn1C. The predicted octanol–water partition coefficient (Wildman–Crippen LogP) is 2.00. The number of fused-ring (bicyclic) bond motifs is 1. The summed E-state index contributed by atoms with van der Waals surface area (Å²) in [6, 6.07) is 6.04. The van der Waals surface area contributed by atoms with Crippen LogP contribution in [0.4, 0.5) is 5.69 Å². The molecule has 0 atom stereocenters. The van der Waals surface area contributed by atoms with Crippen LogP contribution in [0.15, 0.2) is 41.9 Å². The largest absolute Gasteiger partial charge is 0.369 e. The molecule has 0 bridgehead atoms. The Morgan fingerprint density at radius 3 is 2.54 bits per heavy atom. The minimum Gasteiger partial charge on any atom is -0.369 e. The van der Waals surface area contributed by atoms with Gasteiger partial charge in [0.05, 0.1) is 5.52 Å². The molecule has 0 amide bonds. The van der Waals surface area contributed by atoms with Gasteiger partial charge in [0.1, 0.15) is 12.2 Å². The Bertz CT molecular complexity index is 1100. The lowest BCUT2D eigenvalue weighted by molar-refractivity contribution is 0.383. The Hall–Kier alpha value is -2.52. The molecular weight excluding hydrogens is 376 g/mol. The zero-order chi connectivity index (χ0) is 19.9. The lowest BCUT2D eigenvalue weighted by Gasteiger charge is -2.35. The van der Waals surface area contributed by atoms with Crippen molar-refractivity contribution in [3.63, 3.8) is 0 Å². The number of benzene rings is 1. The first-order valence-corrected chi connectivity index (χ1v) is 10.8. The van der Waals surface area contributed by atoms with Gasteiger partial charge in [-0.1, -0.05) is 13.8 Å². The van der Waals surface area contributed by atoms with Gasteiger partial charge in [-0.25, -0.2) is 23.4 Å². The van der Waals surface area contributed by atoms with Gasteiger partial charge in [-0.2, -0.15) is 4.31 Å². The minimum atomic E-state index is -3.58. The second-order valence-corrected chi connectivity index (χ2v) is 9.24. The van der Waals surface area contributed by atoms with Crippen LogP contribution in [0, 0.1) is 0 Å². The molecule has 1 fully saturated rings. The molecule has 1 saturated heterocycles. The number of nitrogens with zero attached hydrogens (tertiary/aromatic N) is 6. The second-order valence-electron chi connectivity index (χ2n) is 7.36. The monoisotopic (exact) mass is 400 g/mol. The summed E-state index contributed by atoms with van der Waals surface area (Å²) in [5, 5.41) is 1.11. The van der Waals surface area contributed by atoms with Gasteiger partial charge in [0.15, 0.2) is 5.03 Å². The summed E-state index contributed by atoms with van der Waals surface area (Å²) < 4.78 is 29.3. The predicted molar refractivity (Wildman–Crippen MR) is 108 cm³/mol. The number of anilines is 1. The van der Waals surface area contributed by atoms with Crippen LogP contribution in [-0.2, 0) is 17.1 Å². The third-order valence-corrected chi connectivity index (χ3v) is 6.87. The Balaban J connectivity index is 1.50. The number of sulfonamides is 1. The summed E-state index contributed by atoms with van der Waals surface area (Å²) >= 11 is 0. The van der Waals surface area contributed by atoms with Gasteiger partial charge in [-0.05, 0) is 18.2 Å². The van der Waals surface area contributed by atoms with Crippen molar-refractivity contribution in [1.29, 1.82) is 0 Å². The van der Waals surface area contributed by atoms with Crippen molar-refractivity contribution >= 4 is 26.6 Å². The van der Waals surface area contributed by atoms with Gasteiger partial charge in [-0.15, -0.1) is 0 Å². The van der Waals surface area contributed by atoms with Crippen LogP contribution in [0.3, 0.4) is 0 Å². The van der Waals surface area contributed by atoms with E-state index in [1.807, 2.05) is 39.1 Å². The summed E-state index contributed by atoms with van der Waals surface area (Å²) in [6.45, 7) is 6.13. The zero-order valence-electron chi connectivity index (χ0n) is 16.3. The normalized spacial score (nSPS) is 16.2. The van der Waals surface area contributed by atoms with Gasteiger partial charge in [-0.3, -0.25) is 0 Å². The summed E-state index contributed by atoms with van der Waals surface area (Å²) in [4.78, 5) is 14.9. The van der Waals surface area contributed by atoms with E-state index in [-0.39, 0.29) is 10.9 Å². The molecule has 9 heteroatoms. The number of imidazole rings is 1. The van der Waals surface area contributed by atoms with Crippen molar-refractivity contribution in [1.82, 2.24) is 23.8 Å². The van der Waals surface area contributed by atoms with Crippen molar-refractivity contribution in [3.8, 4) is 0 Å². The van der Waals surface area contributed by atoms with E-state index >= 15 is 0 Å². The van der Waals surface area contributed by atoms with Crippen LogP contribution in [0.2, 0.25) is 0 Å². The van der Waals surface area contributed by atoms with Crippen LogP contribution in [0.25, 0.3) is 10.9 Å². The topological polar surface area (TPSA) is 84.2 Å². The molecule has 0 N–H and O–H groups in total. The summed E-state index contributed by atoms with van der Waals surface area (Å²) in [5.41, 5.74) is 1.95. The highest BCUT2D eigenvalue weighted by molar-refractivity contribution is 7.89.